The van der Waals surface area contributed by atoms with Crippen molar-refractivity contribution in [1.29, 1.82) is 0 Å². The number of anilines is 1. The summed E-state index contributed by atoms with van der Waals surface area (Å²) in [6.07, 6.45) is 0.429. The van der Waals surface area contributed by atoms with Crippen molar-refractivity contribution < 1.29 is 9.90 Å². The lowest BCUT2D eigenvalue weighted by Gasteiger charge is -2.13. The maximum Gasteiger partial charge on any atom is 0.241 e. The molecule has 0 saturated heterocycles. The number of amides is 1. The third-order valence-electron chi connectivity index (χ3n) is 3.13. The van der Waals surface area contributed by atoms with Crippen LogP contribution in [0.1, 0.15) is 11.1 Å². The Labute approximate surface area is 118 Å². The summed E-state index contributed by atoms with van der Waals surface area (Å²) < 4.78 is 0. The van der Waals surface area contributed by atoms with Crippen LogP contribution in [0.3, 0.4) is 0 Å². The number of aryl methyl sites for hydroxylation is 1. The Morgan fingerprint density at radius 3 is 2.50 bits per heavy atom. The van der Waals surface area contributed by atoms with Gasteiger partial charge in [0, 0.05) is 5.69 Å². The van der Waals surface area contributed by atoms with Crippen molar-refractivity contribution in [3.63, 3.8) is 0 Å². The molecule has 0 spiro atoms. The number of para-hydroxylation sites is 1. The Kier molecular flexibility index (Phi) is 4.38. The van der Waals surface area contributed by atoms with E-state index in [0.717, 1.165) is 16.8 Å². The van der Waals surface area contributed by atoms with E-state index in [1.807, 2.05) is 31.2 Å². The number of hydrogen-bond acceptors (Lipinski definition) is 3. The van der Waals surface area contributed by atoms with Crippen molar-refractivity contribution in [1.82, 2.24) is 0 Å². The SMILES string of the molecule is Cc1ccccc1NC(=O)[C@@H](N)Cc1ccc(O)cc1. The Bertz CT molecular complexity index is 594. The molecule has 4 N–H and O–H groups in total. The summed E-state index contributed by atoms with van der Waals surface area (Å²) in [5.74, 6) is -0.0148. The number of phenolic OH excluding ortho intramolecular Hbond substituents is 1. The van der Waals surface area contributed by atoms with E-state index in [4.69, 9.17) is 5.73 Å². The zero-order valence-corrected chi connectivity index (χ0v) is 11.3. The van der Waals surface area contributed by atoms with Gasteiger partial charge in [-0.15, -0.1) is 0 Å². The number of nitrogens with one attached hydrogen (secondary N) is 1. The minimum atomic E-state index is -0.626. The summed E-state index contributed by atoms with van der Waals surface area (Å²) in [5.41, 5.74) is 8.60. The molecule has 0 aliphatic rings. The molecule has 0 bridgehead atoms. The van der Waals surface area contributed by atoms with Gasteiger partial charge in [0.05, 0.1) is 6.04 Å². The first-order chi connectivity index (χ1) is 9.56. The van der Waals surface area contributed by atoms with Gasteiger partial charge in [-0.25, -0.2) is 0 Å². The second-order valence-corrected chi connectivity index (χ2v) is 4.78. The summed E-state index contributed by atoms with van der Waals surface area (Å²) in [4.78, 5) is 12.1. The highest BCUT2D eigenvalue weighted by molar-refractivity contribution is 5.95. The average molecular weight is 270 g/mol. The van der Waals surface area contributed by atoms with Crippen molar-refractivity contribution in [2.45, 2.75) is 19.4 Å². The molecule has 0 aliphatic heterocycles. The van der Waals surface area contributed by atoms with Gasteiger partial charge < -0.3 is 16.2 Å². The van der Waals surface area contributed by atoms with Crippen LogP contribution in [-0.2, 0) is 11.2 Å². The lowest BCUT2D eigenvalue weighted by atomic mass is 10.1. The van der Waals surface area contributed by atoms with Gasteiger partial charge in [-0.05, 0) is 42.7 Å². The lowest BCUT2D eigenvalue weighted by molar-refractivity contribution is -0.117. The minimum Gasteiger partial charge on any atom is -0.508 e. The number of aromatic hydroxyl groups is 1. The smallest absolute Gasteiger partial charge is 0.241 e. The second-order valence-electron chi connectivity index (χ2n) is 4.78. The van der Waals surface area contributed by atoms with E-state index in [9.17, 15) is 9.90 Å². The Morgan fingerprint density at radius 1 is 1.20 bits per heavy atom. The van der Waals surface area contributed by atoms with Crippen LogP contribution in [-0.4, -0.2) is 17.1 Å². The van der Waals surface area contributed by atoms with Crippen molar-refractivity contribution in [2.75, 3.05) is 5.32 Å². The molecular formula is C16H18N2O2. The third kappa shape index (κ3) is 3.59. The molecule has 4 nitrogen and oxygen atoms in total. The molecule has 4 heteroatoms. The molecule has 2 aromatic carbocycles. The van der Waals surface area contributed by atoms with Crippen molar-refractivity contribution in [2.24, 2.45) is 5.73 Å². The molecule has 0 unspecified atom stereocenters. The highest BCUT2D eigenvalue weighted by Gasteiger charge is 2.14. The molecule has 0 heterocycles. The summed E-state index contributed by atoms with van der Waals surface area (Å²) in [7, 11) is 0. The van der Waals surface area contributed by atoms with E-state index >= 15 is 0 Å². The second kappa shape index (κ2) is 6.21. The fraction of sp³-hybridized carbons (Fsp3) is 0.188. The van der Waals surface area contributed by atoms with Crippen LogP contribution in [0.4, 0.5) is 5.69 Å². The molecule has 1 atom stereocenters. The molecule has 0 fully saturated rings. The maximum absolute atomic E-state index is 12.1. The monoisotopic (exact) mass is 270 g/mol. The first kappa shape index (κ1) is 14.1. The highest BCUT2D eigenvalue weighted by atomic mass is 16.3. The number of hydrogen-bond donors (Lipinski definition) is 3. The van der Waals surface area contributed by atoms with E-state index in [2.05, 4.69) is 5.32 Å². The molecule has 2 aromatic rings. The Hall–Kier alpha value is -2.33. The van der Waals surface area contributed by atoms with E-state index in [1.54, 1.807) is 24.3 Å². The van der Waals surface area contributed by atoms with Crippen LogP contribution in [0, 0.1) is 6.92 Å². The summed E-state index contributed by atoms with van der Waals surface area (Å²) in [5, 5.41) is 12.0. The molecule has 104 valence electrons. The highest BCUT2D eigenvalue weighted by Crippen LogP contribution is 2.14. The quantitative estimate of drug-likeness (QED) is 0.797. The van der Waals surface area contributed by atoms with Crippen LogP contribution in [0.25, 0.3) is 0 Å². The van der Waals surface area contributed by atoms with Crippen LogP contribution in [0.15, 0.2) is 48.5 Å². The Balaban J connectivity index is 1.99. The molecule has 20 heavy (non-hydrogen) atoms. The summed E-state index contributed by atoms with van der Waals surface area (Å²) in [6, 6.07) is 13.6. The molecule has 0 saturated carbocycles. The number of phenols is 1. The van der Waals surface area contributed by atoms with Crippen LogP contribution in [0.2, 0.25) is 0 Å². The van der Waals surface area contributed by atoms with Crippen LogP contribution < -0.4 is 11.1 Å². The summed E-state index contributed by atoms with van der Waals surface area (Å²) in [6.45, 7) is 1.93. The van der Waals surface area contributed by atoms with Gasteiger partial charge in [0.25, 0.3) is 0 Å². The predicted molar refractivity (Wildman–Crippen MR) is 79.6 cm³/mol. The van der Waals surface area contributed by atoms with E-state index in [1.165, 1.54) is 0 Å². The van der Waals surface area contributed by atoms with Gasteiger partial charge in [-0.3, -0.25) is 4.79 Å². The Morgan fingerprint density at radius 2 is 1.85 bits per heavy atom. The van der Waals surface area contributed by atoms with Crippen LogP contribution >= 0.6 is 0 Å². The van der Waals surface area contributed by atoms with Crippen LogP contribution in [0.5, 0.6) is 5.75 Å². The fourth-order valence-electron chi connectivity index (χ4n) is 1.92. The largest absolute Gasteiger partial charge is 0.508 e. The van der Waals surface area contributed by atoms with Gasteiger partial charge in [-0.2, -0.15) is 0 Å². The van der Waals surface area contributed by atoms with Gasteiger partial charge in [0.15, 0.2) is 0 Å². The molecule has 2 rings (SSSR count). The van der Waals surface area contributed by atoms with Gasteiger partial charge in [-0.1, -0.05) is 30.3 Å². The molecule has 0 aliphatic carbocycles. The number of carbonyl (C=O) groups excluding carboxylic acids is 1. The van der Waals surface area contributed by atoms with Gasteiger partial charge in [0.1, 0.15) is 5.75 Å². The fourth-order valence-corrected chi connectivity index (χ4v) is 1.92. The maximum atomic E-state index is 12.1. The van der Waals surface area contributed by atoms with Gasteiger partial charge >= 0.3 is 0 Å². The van der Waals surface area contributed by atoms with Crippen molar-refractivity contribution >= 4 is 11.6 Å². The van der Waals surface area contributed by atoms with E-state index in [0.29, 0.717) is 6.42 Å². The standard InChI is InChI=1S/C16H18N2O2/c1-11-4-2-3-5-15(11)18-16(20)14(17)10-12-6-8-13(19)9-7-12/h2-9,14,19H,10,17H2,1H3,(H,18,20)/t14-/m0/s1. The first-order valence-corrected chi connectivity index (χ1v) is 6.46. The van der Waals surface area contributed by atoms with Crippen molar-refractivity contribution in [3.05, 3.63) is 59.7 Å². The summed E-state index contributed by atoms with van der Waals surface area (Å²) >= 11 is 0. The number of benzene rings is 2. The lowest BCUT2D eigenvalue weighted by Crippen LogP contribution is -2.37. The molecule has 0 aromatic heterocycles. The predicted octanol–water partition coefficient (Wildman–Crippen LogP) is 2.21. The number of rotatable bonds is 4. The first-order valence-electron chi connectivity index (χ1n) is 6.46. The zero-order chi connectivity index (χ0) is 14.5. The normalized spacial score (nSPS) is 11.9. The van der Waals surface area contributed by atoms with Crippen molar-refractivity contribution in [3.8, 4) is 5.75 Å². The molecular weight excluding hydrogens is 252 g/mol. The average Bonchev–Trinajstić information content (AvgIpc) is 2.44. The number of nitrogens with two attached hydrogens (primary N) is 1. The minimum absolute atomic E-state index is 0.201. The molecule has 0 radical (unpaired) electrons. The third-order valence-corrected chi connectivity index (χ3v) is 3.13. The topological polar surface area (TPSA) is 75.4 Å². The zero-order valence-electron chi connectivity index (χ0n) is 11.3. The van der Waals surface area contributed by atoms with E-state index in [-0.39, 0.29) is 11.7 Å². The van der Waals surface area contributed by atoms with Gasteiger partial charge in [0.2, 0.25) is 5.91 Å². The van der Waals surface area contributed by atoms with E-state index < -0.39 is 6.04 Å². The molecule has 1 amide bonds. The number of carbonyl (C=O) groups is 1.